The molecule has 0 fully saturated rings. The van der Waals surface area contributed by atoms with Crippen molar-refractivity contribution in [2.24, 2.45) is 0 Å². The molecule has 2 N–H and O–H groups in total. The topological polar surface area (TPSA) is 62.0 Å². The molecule has 2 rings (SSSR count). The summed E-state index contributed by atoms with van der Waals surface area (Å²) in [6, 6.07) is 4.98. The van der Waals surface area contributed by atoms with Gasteiger partial charge in [0.25, 0.3) is 11.5 Å². The van der Waals surface area contributed by atoms with Crippen LogP contribution in [-0.4, -0.2) is 10.9 Å². The molecule has 0 unspecified atom stereocenters. The third kappa shape index (κ3) is 3.69. The molecule has 0 radical (unpaired) electrons. The number of nitrogens with one attached hydrogen (secondary N) is 2. The zero-order valence-corrected chi connectivity index (χ0v) is 12.9. The quantitative estimate of drug-likeness (QED) is 0.805. The lowest BCUT2D eigenvalue weighted by Crippen LogP contribution is -2.21. The number of pyridine rings is 1. The van der Waals surface area contributed by atoms with Crippen molar-refractivity contribution in [2.45, 2.75) is 6.18 Å². The number of amides is 1. The van der Waals surface area contributed by atoms with Crippen LogP contribution in [0.15, 0.2) is 39.7 Å². The second-order valence-electron chi connectivity index (χ2n) is 4.21. The van der Waals surface area contributed by atoms with Gasteiger partial charge in [0.2, 0.25) is 0 Å². The fourth-order valence-electron chi connectivity index (χ4n) is 1.60. The molecular formula is C13H7BrClF3N2O2. The first-order valence-corrected chi connectivity index (χ1v) is 6.92. The summed E-state index contributed by atoms with van der Waals surface area (Å²) in [4.78, 5) is 25.5. The third-order valence-corrected chi connectivity index (χ3v) is 3.47. The minimum absolute atomic E-state index is 0.0212. The fourth-order valence-corrected chi connectivity index (χ4v) is 2.17. The Morgan fingerprint density at radius 3 is 2.59 bits per heavy atom. The Balaban J connectivity index is 2.36. The standard InChI is InChI=1S/C13H7BrClF3N2O2/c14-7-1-2-9(15)8(4-7)11(21)20-10-3-6(13(16,17)18)5-19-12(10)22/h1-5H,(H,19,22)(H,20,21). The van der Waals surface area contributed by atoms with Crippen molar-refractivity contribution < 1.29 is 18.0 Å². The summed E-state index contributed by atoms with van der Waals surface area (Å²) in [5, 5.41) is 2.22. The Kier molecular flexibility index (Phi) is 4.62. The predicted molar refractivity (Wildman–Crippen MR) is 79.2 cm³/mol. The van der Waals surface area contributed by atoms with Crippen molar-refractivity contribution in [1.82, 2.24) is 4.98 Å². The van der Waals surface area contributed by atoms with Crippen LogP contribution in [0.2, 0.25) is 5.02 Å². The Morgan fingerprint density at radius 1 is 1.27 bits per heavy atom. The van der Waals surface area contributed by atoms with Crippen LogP contribution in [0.4, 0.5) is 18.9 Å². The summed E-state index contributed by atoms with van der Waals surface area (Å²) in [7, 11) is 0. The molecule has 0 aliphatic carbocycles. The smallest absolute Gasteiger partial charge is 0.327 e. The van der Waals surface area contributed by atoms with Crippen LogP contribution in [0.5, 0.6) is 0 Å². The molecule has 0 saturated heterocycles. The monoisotopic (exact) mass is 394 g/mol. The van der Waals surface area contributed by atoms with Gasteiger partial charge in [-0.1, -0.05) is 27.5 Å². The SMILES string of the molecule is O=C(Nc1cc(C(F)(F)F)c[nH]c1=O)c1cc(Br)ccc1Cl. The van der Waals surface area contributed by atoms with Crippen LogP contribution in [0.25, 0.3) is 0 Å². The highest BCUT2D eigenvalue weighted by molar-refractivity contribution is 9.10. The number of rotatable bonds is 2. The number of hydrogen-bond acceptors (Lipinski definition) is 2. The highest BCUT2D eigenvalue weighted by Crippen LogP contribution is 2.29. The number of alkyl halides is 3. The van der Waals surface area contributed by atoms with Gasteiger partial charge in [-0.05, 0) is 24.3 Å². The zero-order valence-electron chi connectivity index (χ0n) is 10.6. The van der Waals surface area contributed by atoms with Gasteiger partial charge in [0.1, 0.15) is 5.69 Å². The molecule has 0 aliphatic rings. The summed E-state index contributed by atoms with van der Waals surface area (Å²) in [6.45, 7) is 0. The van der Waals surface area contributed by atoms with Crippen molar-refractivity contribution in [1.29, 1.82) is 0 Å². The van der Waals surface area contributed by atoms with E-state index in [4.69, 9.17) is 11.6 Å². The molecule has 1 heterocycles. The number of aromatic amines is 1. The van der Waals surface area contributed by atoms with Gasteiger partial charge in [0.15, 0.2) is 0 Å². The van der Waals surface area contributed by atoms with E-state index < -0.39 is 28.9 Å². The molecule has 0 aliphatic heterocycles. The van der Waals surface area contributed by atoms with Gasteiger partial charge < -0.3 is 10.3 Å². The summed E-state index contributed by atoms with van der Waals surface area (Å²) in [5.74, 6) is -0.795. The second-order valence-corrected chi connectivity index (χ2v) is 5.53. The van der Waals surface area contributed by atoms with E-state index >= 15 is 0 Å². The fraction of sp³-hybridized carbons (Fsp3) is 0.0769. The van der Waals surface area contributed by atoms with E-state index in [0.29, 0.717) is 16.7 Å². The number of aromatic nitrogens is 1. The van der Waals surface area contributed by atoms with Gasteiger partial charge in [-0.2, -0.15) is 13.2 Å². The molecule has 9 heteroatoms. The van der Waals surface area contributed by atoms with Crippen molar-refractivity contribution >= 4 is 39.1 Å². The van der Waals surface area contributed by atoms with Crippen LogP contribution < -0.4 is 10.9 Å². The Hall–Kier alpha value is -1.80. The average Bonchev–Trinajstić information content (AvgIpc) is 2.42. The molecule has 0 bridgehead atoms. The Labute approximate surface area is 135 Å². The third-order valence-electron chi connectivity index (χ3n) is 2.65. The van der Waals surface area contributed by atoms with E-state index in [1.807, 2.05) is 4.98 Å². The molecular weight excluding hydrogens is 389 g/mol. The van der Waals surface area contributed by atoms with Crippen LogP contribution in [0.3, 0.4) is 0 Å². The summed E-state index contributed by atoms with van der Waals surface area (Å²) in [5.41, 5.74) is -2.43. The van der Waals surface area contributed by atoms with Gasteiger partial charge in [0, 0.05) is 10.7 Å². The Morgan fingerprint density at radius 2 is 1.95 bits per heavy atom. The molecule has 0 atom stereocenters. The number of benzene rings is 1. The lowest BCUT2D eigenvalue weighted by Gasteiger charge is -2.10. The van der Waals surface area contributed by atoms with E-state index in [0.717, 1.165) is 0 Å². The number of anilines is 1. The number of H-pyrrole nitrogens is 1. The number of carbonyl (C=O) groups is 1. The molecule has 116 valence electrons. The minimum Gasteiger partial charge on any atom is -0.327 e. The van der Waals surface area contributed by atoms with Gasteiger partial charge in [-0.15, -0.1) is 0 Å². The lowest BCUT2D eigenvalue weighted by atomic mass is 10.2. The molecule has 0 spiro atoms. The Bertz CT molecular complexity index is 790. The molecule has 1 amide bonds. The predicted octanol–water partition coefficient (Wildman–Crippen LogP) is 4.06. The number of carbonyl (C=O) groups excluding carboxylic acids is 1. The van der Waals surface area contributed by atoms with Crippen molar-refractivity contribution in [3.8, 4) is 0 Å². The molecule has 1 aromatic heterocycles. The number of hydrogen-bond donors (Lipinski definition) is 2. The highest BCUT2D eigenvalue weighted by atomic mass is 79.9. The van der Waals surface area contributed by atoms with Gasteiger partial charge in [0.05, 0.1) is 16.1 Å². The van der Waals surface area contributed by atoms with E-state index in [-0.39, 0.29) is 10.6 Å². The summed E-state index contributed by atoms with van der Waals surface area (Å²) >= 11 is 9.00. The number of halogens is 5. The average molecular weight is 396 g/mol. The van der Waals surface area contributed by atoms with Crippen LogP contribution >= 0.6 is 27.5 Å². The molecule has 2 aromatic rings. The summed E-state index contributed by atoms with van der Waals surface area (Å²) in [6.07, 6.45) is -4.11. The van der Waals surface area contributed by atoms with Gasteiger partial charge in [-0.25, -0.2) is 0 Å². The van der Waals surface area contributed by atoms with Crippen LogP contribution in [0.1, 0.15) is 15.9 Å². The minimum atomic E-state index is -4.64. The van der Waals surface area contributed by atoms with Crippen LogP contribution in [-0.2, 0) is 6.18 Å². The van der Waals surface area contributed by atoms with Crippen LogP contribution in [0, 0.1) is 0 Å². The van der Waals surface area contributed by atoms with Crippen molar-refractivity contribution in [2.75, 3.05) is 5.32 Å². The maximum Gasteiger partial charge on any atom is 0.417 e. The van der Waals surface area contributed by atoms with E-state index in [2.05, 4.69) is 21.2 Å². The van der Waals surface area contributed by atoms with Crippen molar-refractivity contribution in [3.63, 3.8) is 0 Å². The normalized spacial score (nSPS) is 11.3. The molecule has 22 heavy (non-hydrogen) atoms. The first kappa shape index (κ1) is 16.6. The lowest BCUT2D eigenvalue weighted by molar-refractivity contribution is -0.137. The van der Waals surface area contributed by atoms with Crippen molar-refractivity contribution in [3.05, 3.63) is 61.4 Å². The maximum atomic E-state index is 12.6. The van der Waals surface area contributed by atoms with E-state index in [1.165, 1.54) is 12.1 Å². The van der Waals surface area contributed by atoms with E-state index in [9.17, 15) is 22.8 Å². The maximum absolute atomic E-state index is 12.6. The molecule has 0 saturated carbocycles. The van der Waals surface area contributed by atoms with Gasteiger partial charge >= 0.3 is 6.18 Å². The summed E-state index contributed by atoms with van der Waals surface area (Å²) < 4.78 is 38.4. The molecule has 4 nitrogen and oxygen atoms in total. The van der Waals surface area contributed by atoms with E-state index in [1.54, 1.807) is 6.07 Å². The zero-order chi connectivity index (χ0) is 16.5. The first-order chi connectivity index (χ1) is 10.2. The molecule has 1 aromatic carbocycles. The highest BCUT2D eigenvalue weighted by Gasteiger charge is 2.31. The second kappa shape index (κ2) is 6.13. The van der Waals surface area contributed by atoms with Gasteiger partial charge in [-0.3, -0.25) is 9.59 Å². The largest absolute Gasteiger partial charge is 0.417 e. The first-order valence-electron chi connectivity index (χ1n) is 5.75.